The average molecular weight is 382 g/mol. The number of nitrogens with one attached hydrogen (secondary N) is 1. The molecule has 8 nitrogen and oxygen atoms in total. The van der Waals surface area contributed by atoms with Gasteiger partial charge in [0.2, 0.25) is 5.82 Å². The number of para-hydroxylation sites is 2. The lowest BCUT2D eigenvalue weighted by Crippen LogP contribution is -2.49. The summed E-state index contributed by atoms with van der Waals surface area (Å²) in [6.07, 6.45) is 4.53. The highest BCUT2D eigenvalue weighted by Gasteiger charge is 2.36. The molecule has 8 heteroatoms. The molecule has 2 N–H and O–H groups in total. The molecule has 1 saturated carbocycles. The van der Waals surface area contributed by atoms with Gasteiger partial charge in [-0.3, -0.25) is 9.59 Å². The third-order valence-electron chi connectivity index (χ3n) is 5.33. The Hall–Kier alpha value is -3.00. The maximum absolute atomic E-state index is 12.8. The van der Waals surface area contributed by atoms with Crippen LogP contribution in [0.1, 0.15) is 42.0 Å². The predicted molar refractivity (Wildman–Crippen MR) is 101 cm³/mol. The minimum atomic E-state index is -1.01. The molecule has 1 aromatic carbocycles. The van der Waals surface area contributed by atoms with Gasteiger partial charge in [0.1, 0.15) is 24.0 Å². The smallest absolute Gasteiger partial charge is 0.289 e. The largest absolute Gasteiger partial charge is 0.489 e. The van der Waals surface area contributed by atoms with Crippen LogP contribution in [0.4, 0.5) is 5.69 Å². The predicted octanol–water partition coefficient (Wildman–Crippen LogP) is 1.39. The maximum Gasteiger partial charge on any atom is 0.289 e. The van der Waals surface area contributed by atoms with E-state index in [9.17, 15) is 14.7 Å². The van der Waals surface area contributed by atoms with Crippen LogP contribution in [0.5, 0.6) is 5.75 Å². The highest BCUT2D eigenvalue weighted by molar-refractivity contribution is 6.02. The number of nitrogens with zero attached hydrogens (tertiary/aromatic N) is 3. The molecule has 2 aromatic rings. The Morgan fingerprint density at radius 1 is 1.29 bits per heavy atom. The van der Waals surface area contributed by atoms with E-state index >= 15 is 0 Å². The summed E-state index contributed by atoms with van der Waals surface area (Å²) in [4.78, 5) is 35.2. The van der Waals surface area contributed by atoms with E-state index in [4.69, 9.17) is 4.74 Å². The molecular formula is C20H22N4O4. The van der Waals surface area contributed by atoms with Crippen LogP contribution in [0, 0.1) is 0 Å². The van der Waals surface area contributed by atoms with Crippen LogP contribution >= 0.6 is 0 Å². The second kappa shape index (κ2) is 7.20. The molecule has 1 fully saturated rings. The fourth-order valence-electron chi connectivity index (χ4n) is 3.72. The lowest BCUT2D eigenvalue weighted by molar-refractivity contribution is -0.120. The zero-order chi connectivity index (χ0) is 19.7. The van der Waals surface area contributed by atoms with Gasteiger partial charge < -0.3 is 20.1 Å². The quantitative estimate of drug-likeness (QED) is 0.831. The van der Waals surface area contributed by atoms with E-state index in [-0.39, 0.29) is 18.3 Å². The third-order valence-corrected chi connectivity index (χ3v) is 5.33. The fraction of sp³-hybridized carbons (Fsp3) is 0.400. The standard InChI is InChI=1S/C20H22N4O4/c1-24-14-6-2-3-7-15(14)28-12-13(19(24)26)22-18(25)17-21-11-8-16(23-17)20(27)9-4-5-10-20/h2-3,6-8,11,13,27H,4-5,9-10,12H2,1H3,(H,22,25)/t13-/m0/s1. The number of carbonyl (C=O) groups excluding carboxylic acids is 2. The van der Waals surface area contributed by atoms with Crippen molar-refractivity contribution in [1.82, 2.24) is 15.3 Å². The normalized spacial score (nSPS) is 20.9. The molecule has 28 heavy (non-hydrogen) atoms. The van der Waals surface area contributed by atoms with Crippen molar-refractivity contribution in [2.75, 3.05) is 18.6 Å². The van der Waals surface area contributed by atoms with Crippen LogP contribution in [0.15, 0.2) is 36.5 Å². The van der Waals surface area contributed by atoms with E-state index in [2.05, 4.69) is 15.3 Å². The van der Waals surface area contributed by atoms with Gasteiger partial charge >= 0.3 is 0 Å². The molecule has 0 spiro atoms. The zero-order valence-corrected chi connectivity index (χ0v) is 15.6. The van der Waals surface area contributed by atoms with E-state index in [1.165, 1.54) is 11.1 Å². The van der Waals surface area contributed by atoms with E-state index < -0.39 is 17.6 Å². The monoisotopic (exact) mass is 382 g/mol. The number of likely N-dealkylation sites (N-methyl/N-ethyl adjacent to an activating group) is 1. The van der Waals surface area contributed by atoms with Crippen molar-refractivity contribution in [3.05, 3.63) is 48.0 Å². The van der Waals surface area contributed by atoms with Crippen LogP contribution in [0.2, 0.25) is 0 Å². The summed E-state index contributed by atoms with van der Waals surface area (Å²) < 4.78 is 5.70. The van der Waals surface area contributed by atoms with Crippen LogP contribution in [0.25, 0.3) is 0 Å². The molecule has 0 unspecified atom stereocenters. The Kier molecular flexibility index (Phi) is 4.72. The van der Waals surface area contributed by atoms with Crippen LogP contribution in [0.3, 0.4) is 0 Å². The highest BCUT2D eigenvalue weighted by Crippen LogP contribution is 2.37. The van der Waals surface area contributed by atoms with Crippen molar-refractivity contribution in [3.63, 3.8) is 0 Å². The van der Waals surface area contributed by atoms with Gasteiger partial charge in [0.05, 0.1) is 11.4 Å². The number of anilines is 1. The molecule has 2 aliphatic rings. The van der Waals surface area contributed by atoms with Gasteiger partial charge in [0.15, 0.2) is 0 Å². The topological polar surface area (TPSA) is 105 Å². The summed E-state index contributed by atoms with van der Waals surface area (Å²) in [6, 6.07) is 7.96. The van der Waals surface area contributed by atoms with Gasteiger partial charge in [-0.05, 0) is 31.0 Å². The van der Waals surface area contributed by atoms with Gasteiger partial charge in [-0.15, -0.1) is 0 Å². The first-order valence-electron chi connectivity index (χ1n) is 9.34. The van der Waals surface area contributed by atoms with Crippen LogP contribution in [-0.4, -0.2) is 46.6 Å². The zero-order valence-electron chi connectivity index (χ0n) is 15.6. The number of rotatable bonds is 3. The number of ether oxygens (including phenoxy) is 1. The molecule has 2 heterocycles. The van der Waals surface area contributed by atoms with Gasteiger partial charge in [-0.25, -0.2) is 9.97 Å². The van der Waals surface area contributed by atoms with Gasteiger partial charge in [0, 0.05) is 13.2 Å². The first kappa shape index (κ1) is 18.4. The van der Waals surface area contributed by atoms with Crippen molar-refractivity contribution in [2.45, 2.75) is 37.3 Å². The lowest BCUT2D eigenvalue weighted by Gasteiger charge is -2.22. The number of hydrogen-bond acceptors (Lipinski definition) is 6. The van der Waals surface area contributed by atoms with Gasteiger partial charge in [-0.2, -0.15) is 0 Å². The minimum Gasteiger partial charge on any atom is -0.489 e. The number of benzene rings is 1. The first-order valence-corrected chi connectivity index (χ1v) is 9.34. The van der Waals surface area contributed by atoms with E-state index in [0.29, 0.717) is 30.0 Å². The SMILES string of the molecule is CN1C(=O)[C@@H](NC(=O)c2nccc(C3(O)CCCC3)n2)COc2ccccc21. The lowest BCUT2D eigenvalue weighted by atomic mass is 9.98. The number of carbonyl (C=O) groups is 2. The van der Waals surface area contributed by atoms with Crippen molar-refractivity contribution >= 4 is 17.5 Å². The van der Waals surface area contributed by atoms with Gasteiger partial charge in [0.25, 0.3) is 11.8 Å². The summed E-state index contributed by atoms with van der Waals surface area (Å²) >= 11 is 0. The summed E-state index contributed by atoms with van der Waals surface area (Å²) in [5, 5.41) is 13.4. The molecule has 1 atom stereocenters. The Labute approximate surface area is 162 Å². The second-order valence-corrected chi connectivity index (χ2v) is 7.21. The van der Waals surface area contributed by atoms with E-state index in [1.807, 2.05) is 12.1 Å². The molecule has 1 aliphatic heterocycles. The number of aliphatic hydroxyl groups is 1. The number of amides is 2. The summed E-state index contributed by atoms with van der Waals surface area (Å²) in [5.74, 6) is -0.361. The van der Waals surface area contributed by atoms with E-state index in [0.717, 1.165) is 12.8 Å². The number of fused-ring (bicyclic) bond motifs is 1. The third kappa shape index (κ3) is 3.31. The van der Waals surface area contributed by atoms with E-state index in [1.54, 1.807) is 25.2 Å². The first-order chi connectivity index (χ1) is 13.5. The minimum absolute atomic E-state index is 0.00948. The Balaban J connectivity index is 1.52. The molecule has 2 amide bonds. The van der Waals surface area contributed by atoms with Crippen molar-refractivity contribution in [2.24, 2.45) is 0 Å². The van der Waals surface area contributed by atoms with Gasteiger partial charge in [-0.1, -0.05) is 25.0 Å². The van der Waals surface area contributed by atoms with Crippen molar-refractivity contribution in [1.29, 1.82) is 0 Å². The van der Waals surface area contributed by atoms with Crippen LogP contribution < -0.4 is 15.0 Å². The summed E-state index contributed by atoms with van der Waals surface area (Å²) in [5.41, 5.74) is 0.0743. The van der Waals surface area contributed by atoms with Crippen LogP contribution in [-0.2, 0) is 10.4 Å². The Morgan fingerprint density at radius 3 is 2.82 bits per heavy atom. The number of aromatic nitrogens is 2. The Bertz CT molecular complexity index is 911. The molecular weight excluding hydrogens is 360 g/mol. The van der Waals surface area contributed by atoms with Crippen molar-refractivity contribution < 1.29 is 19.4 Å². The molecule has 0 radical (unpaired) electrons. The molecule has 1 aliphatic carbocycles. The molecule has 0 saturated heterocycles. The summed E-state index contributed by atoms with van der Waals surface area (Å²) in [6.45, 7) is 0.00948. The maximum atomic E-state index is 12.8. The molecule has 146 valence electrons. The molecule has 1 aromatic heterocycles. The molecule has 0 bridgehead atoms. The van der Waals surface area contributed by atoms with Crippen molar-refractivity contribution in [3.8, 4) is 5.75 Å². The fourth-order valence-corrected chi connectivity index (χ4v) is 3.72. The number of hydrogen-bond donors (Lipinski definition) is 2. The Morgan fingerprint density at radius 2 is 2.04 bits per heavy atom. The summed E-state index contributed by atoms with van der Waals surface area (Å²) in [7, 11) is 1.64. The molecule has 4 rings (SSSR count). The highest BCUT2D eigenvalue weighted by atomic mass is 16.5. The average Bonchev–Trinajstić information content (AvgIpc) is 3.13. The second-order valence-electron chi connectivity index (χ2n) is 7.21.